The first kappa shape index (κ1) is 18.0. The van der Waals surface area contributed by atoms with Crippen LogP contribution in [0.2, 0.25) is 0 Å². The molecule has 0 saturated heterocycles. The molecule has 1 aromatic rings. The molecule has 1 heterocycles. The van der Waals surface area contributed by atoms with E-state index >= 15 is 0 Å². The van der Waals surface area contributed by atoms with Gasteiger partial charge >= 0.3 is 0 Å². The summed E-state index contributed by atoms with van der Waals surface area (Å²) in [6.07, 6.45) is 0. The molecule has 0 fully saturated rings. The van der Waals surface area contributed by atoms with Crippen LogP contribution >= 0.6 is 0 Å². The van der Waals surface area contributed by atoms with Crippen LogP contribution in [0, 0.1) is 0 Å². The smallest absolute Gasteiger partial charge is 0.290 e. The lowest BCUT2D eigenvalue weighted by Gasteiger charge is -2.27. The Bertz CT molecular complexity index is 663. The van der Waals surface area contributed by atoms with E-state index in [0.717, 1.165) is 17.8 Å². The summed E-state index contributed by atoms with van der Waals surface area (Å²) in [6.45, 7) is 2.60. The number of anilines is 1. The Balaban J connectivity index is 2.42. The maximum atomic E-state index is 12.4. The van der Waals surface area contributed by atoms with Crippen LogP contribution < -0.4 is 9.80 Å². The van der Waals surface area contributed by atoms with Crippen LogP contribution in [0.1, 0.15) is 18.5 Å². The summed E-state index contributed by atoms with van der Waals surface area (Å²) in [5.41, 5.74) is 2.05. The molecule has 2 rings (SSSR count). The fourth-order valence-electron chi connectivity index (χ4n) is 2.89. The van der Waals surface area contributed by atoms with Crippen molar-refractivity contribution in [3.05, 3.63) is 41.2 Å². The zero-order valence-electron chi connectivity index (χ0n) is 15.0. The van der Waals surface area contributed by atoms with E-state index in [2.05, 4.69) is 0 Å². The molecule has 0 spiro atoms. The zero-order valence-corrected chi connectivity index (χ0v) is 15.0. The Morgan fingerprint density at radius 3 is 2.29 bits per heavy atom. The summed E-state index contributed by atoms with van der Waals surface area (Å²) in [7, 11) is 7.90. The average molecular weight is 332 g/mol. The third-order valence-electron chi connectivity index (χ3n) is 4.26. The lowest BCUT2D eigenvalue weighted by atomic mass is 9.96. The van der Waals surface area contributed by atoms with Gasteiger partial charge in [0.05, 0.1) is 38.8 Å². The van der Waals surface area contributed by atoms with Crippen molar-refractivity contribution < 1.29 is 19.6 Å². The van der Waals surface area contributed by atoms with Crippen LogP contribution in [-0.2, 0) is 9.59 Å². The second-order valence-corrected chi connectivity index (χ2v) is 6.66. The fraction of sp³-hybridized carbons (Fsp3) is 0.444. The molecule has 0 aromatic heterocycles. The second kappa shape index (κ2) is 7.05. The minimum Gasteiger partial charge on any atom is -0.503 e. The topological polar surface area (TPSA) is 65.3 Å². The molecule has 2 N–H and O–H groups in total. The number of nitrogens with zero attached hydrogens (tertiary/aromatic N) is 2. The lowest BCUT2D eigenvalue weighted by Crippen LogP contribution is -3.06. The highest BCUT2D eigenvalue weighted by atomic mass is 16.3. The SMILES string of the molecule is CC(=O)C1=C(O)C(=O)N(CC[NH+](C)C)[C@H]1c1ccc(N(C)C)cc1. The number of nitrogens with one attached hydrogen (secondary N) is 1. The van der Waals surface area contributed by atoms with Gasteiger partial charge in [-0.25, -0.2) is 0 Å². The molecule has 130 valence electrons. The van der Waals surface area contributed by atoms with Crippen LogP contribution in [0.4, 0.5) is 5.69 Å². The van der Waals surface area contributed by atoms with E-state index in [0.29, 0.717) is 6.54 Å². The number of ketones is 1. The summed E-state index contributed by atoms with van der Waals surface area (Å²) in [5.74, 6) is -1.16. The molecule has 1 aliphatic rings. The first-order valence-corrected chi connectivity index (χ1v) is 8.05. The molecule has 0 bridgehead atoms. The Morgan fingerprint density at radius 2 is 1.83 bits per heavy atom. The Hall–Kier alpha value is -2.34. The summed E-state index contributed by atoms with van der Waals surface area (Å²) < 4.78 is 0. The molecule has 1 amide bonds. The maximum Gasteiger partial charge on any atom is 0.290 e. The fourth-order valence-corrected chi connectivity index (χ4v) is 2.89. The van der Waals surface area contributed by atoms with Crippen molar-refractivity contribution in [3.8, 4) is 0 Å². The molecular formula is C18H26N3O3+. The van der Waals surface area contributed by atoms with Crippen LogP contribution in [0.25, 0.3) is 0 Å². The predicted molar refractivity (Wildman–Crippen MR) is 93.2 cm³/mol. The Morgan fingerprint density at radius 1 is 1.25 bits per heavy atom. The van der Waals surface area contributed by atoms with Crippen molar-refractivity contribution in [2.75, 3.05) is 46.2 Å². The van der Waals surface area contributed by atoms with Crippen LogP contribution in [0.5, 0.6) is 0 Å². The van der Waals surface area contributed by atoms with Gasteiger partial charge in [-0.05, 0) is 24.6 Å². The largest absolute Gasteiger partial charge is 0.503 e. The number of hydrogen-bond acceptors (Lipinski definition) is 4. The van der Waals surface area contributed by atoms with Gasteiger partial charge in [-0.2, -0.15) is 0 Å². The summed E-state index contributed by atoms with van der Waals surface area (Å²) in [5, 5.41) is 10.2. The van der Waals surface area contributed by atoms with E-state index in [1.807, 2.05) is 57.4 Å². The standard InChI is InChI=1S/C18H25N3O3/c1-12(22)15-16(13-6-8-14(9-7-13)20(4)5)21(11-10-19(2)3)18(24)17(15)23/h6-9,16,23H,10-11H2,1-5H3/p+1/t16-/m0/s1. The minimum absolute atomic E-state index is 0.186. The molecule has 0 saturated carbocycles. The van der Waals surface area contributed by atoms with Crippen LogP contribution in [0.3, 0.4) is 0 Å². The number of amides is 1. The molecule has 6 nitrogen and oxygen atoms in total. The quantitative estimate of drug-likeness (QED) is 0.780. The number of likely N-dealkylation sites (N-methyl/N-ethyl adjacent to an activating group) is 1. The third-order valence-corrected chi connectivity index (χ3v) is 4.26. The van der Waals surface area contributed by atoms with Crippen molar-refractivity contribution in [3.63, 3.8) is 0 Å². The van der Waals surface area contributed by atoms with Gasteiger partial charge in [0.1, 0.15) is 0 Å². The normalized spacial score (nSPS) is 17.8. The van der Waals surface area contributed by atoms with E-state index in [-0.39, 0.29) is 11.4 Å². The molecule has 6 heteroatoms. The molecule has 0 radical (unpaired) electrons. The number of quaternary nitrogens is 1. The van der Waals surface area contributed by atoms with Crippen LogP contribution in [0.15, 0.2) is 35.6 Å². The molecule has 0 unspecified atom stereocenters. The van der Waals surface area contributed by atoms with E-state index < -0.39 is 17.7 Å². The number of benzene rings is 1. The van der Waals surface area contributed by atoms with Gasteiger partial charge in [-0.15, -0.1) is 0 Å². The molecule has 1 aromatic carbocycles. The second-order valence-electron chi connectivity index (χ2n) is 6.66. The number of rotatable bonds is 6. The average Bonchev–Trinajstić information content (AvgIpc) is 2.77. The number of hydrogen-bond donors (Lipinski definition) is 2. The van der Waals surface area contributed by atoms with Gasteiger partial charge in [-0.3, -0.25) is 9.59 Å². The maximum absolute atomic E-state index is 12.4. The molecule has 1 aliphatic heterocycles. The summed E-state index contributed by atoms with van der Waals surface area (Å²) in [6, 6.07) is 7.19. The highest BCUT2D eigenvalue weighted by Gasteiger charge is 2.42. The van der Waals surface area contributed by atoms with Crippen molar-refractivity contribution in [1.82, 2.24) is 4.90 Å². The van der Waals surface area contributed by atoms with Gasteiger partial charge in [0, 0.05) is 19.8 Å². The van der Waals surface area contributed by atoms with E-state index in [4.69, 9.17) is 0 Å². The number of aliphatic hydroxyl groups is 1. The number of Topliss-reactive ketones (excluding diaryl/α,β-unsaturated/α-hetero) is 1. The molecule has 24 heavy (non-hydrogen) atoms. The van der Waals surface area contributed by atoms with Crippen molar-refractivity contribution in [2.45, 2.75) is 13.0 Å². The monoisotopic (exact) mass is 332 g/mol. The zero-order chi connectivity index (χ0) is 18.0. The van der Waals surface area contributed by atoms with E-state index in [1.165, 1.54) is 11.8 Å². The molecule has 0 aliphatic carbocycles. The highest BCUT2D eigenvalue weighted by Crippen LogP contribution is 2.37. The Kier molecular flexibility index (Phi) is 5.29. The number of carbonyl (C=O) groups excluding carboxylic acids is 2. The van der Waals surface area contributed by atoms with Crippen molar-refractivity contribution in [2.24, 2.45) is 0 Å². The first-order valence-electron chi connectivity index (χ1n) is 8.05. The minimum atomic E-state index is -0.523. The van der Waals surface area contributed by atoms with E-state index in [1.54, 1.807) is 4.90 Å². The summed E-state index contributed by atoms with van der Waals surface area (Å²) >= 11 is 0. The van der Waals surface area contributed by atoms with Gasteiger partial charge in [-0.1, -0.05) is 12.1 Å². The Labute approximate surface area is 143 Å². The van der Waals surface area contributed by atoms with E-state index in [9.17, 15) is 14.7 Å². The van der Waals surface area contributed by atoms with Crippen molar-refractivity contribution >= 4 is 17.4 Å². The molecule has 1 atom stereocenters. The predicted octanol–water partition coefficient (Wildman–Crippen LogP) is 0.182. The van der Waals surface area contributed by atoms with Gasteiger partial charge in [0.25, 0.3) is 5.91 Å². The molecular weight excluding hydrogens is 306 g/mol. The number of aliphatic hydroxyl groups excluding tert-OH is 1. The van der Waals surface area contributed by atoms with Crippen LogP contribution in [-0.4, -0.2) is 63.0 Å². The van der Waals surface area contributed by atoms with Crippen molar-refractivity contribution in [1.29, 1.82) is 0 Å². The first-order chi connectivity index (χ1) is 11.2. The van der Waals surface area contributed by atoms with Gasteiger partial charge in [0.2, 0.25) is 0 Å². The number of carbonyl (C=O) groups is 2. The lowest BCUT2D eigenvalue weighted by molar-refractivity contribution is -0.857. The van der Waals surface area contributed by atoms with Gasteiger partial charge < -0.3 is 19.8 Å². The third kappa shape index (κ3) is 3.43. The summed E-state index contributed by atoms with van der Waals surface area (Å²) in [4.78, 5) is 29.2. The highest BCUT2D eigenvalue weighted by molar-refractivity contribution is 6.08. The van der Waals surface area contributed by atoms with Gasteiger partial charge in [0.15, 0.2) is 11.5 Å².